The number of benzene rings is 1. The average molecular weight is 473 g/mol. The van der Waals surface area contributed by atoms with Gasteiger partial charge in [-0.3, -0.25) is 4.79 Å². The summed E-state index contributed by atoms with van der Waals surface area (Å²) in [6.07, 6.45) is 13.8. The average Bonchev–Trinajstić information content (AvgIpc) is 2.75. The molecule has 0 aromatic heterocycles. The van der Waals surface area contributed by atoms with Crippen LogP contribution >= 0.6 is 0 Å². The van der Waals surface area contributed by atoms with Gasteiger partial charge in [-0.25, -0.2) is 0 Å². The van der Waals surface area contributed by atoms with Crippen LogP contribution in [0.2, 0.25) is 0 Å². The summed E-state index contributed by atoms with van der Waals surface area (Å²) < 4.78 is 6.63. The highest BCUT2D eigenvalue weighted by Gasteiger charge is 2.35. The number of ether oxygens (including phenoxy) is 1. The predicted octanol–water partition coefficient (Wildman–Crippen LogP) is 8.66. The SMILES string of the molecule is CC(=O)Cc1c(O)c(C)c(C)c2c1CC[C@@](C)(CCC[C@H](C)CCC[C@H](C)CCCC(C)C)O2. The molecule has 3 nitrogen and oxygen atoms in total. The van der Waals surface area contributed by atoms with Gasteiger partial charge in [0.2, 0.25) is 0 Å². The molecule has 0 saturated carbocycles. The van der Waals surface area contributed by atoms with E-state index in [-0.39, 0.29) is 23.6 Å². The molecule has 0 aliphatic carbocycles. The van der Waals surface area contributed by atoms with Crippen LogP contribution < -0.4 is 4.74 Å². The molecule has 3 atom stereocenters. The van der Waals surface area contributed by atoms with Crippen LogP contribution in [-0.4, -0.2) is 16.5 Å². The molecule has 0 radical (unpaired) electrons. The third kappa shape index (κ3) is 8.31. The normalized spacial score (nSPS) is 19.6. The Hall–Kier alpha value is -1.51. The molecule has 194 valence electrons. The molecular formula is C31H52O3. The highest BCUT2D eigenvalue weighted by molar-refractivity contribution is 5.80. The van der Waals surface area contributed by atoms with Crippen LogP contribution in [-0.2, 0) is 17.6 Å². The summed E-state index contributed by atoms with van der Waals surface area (Å²) in [5.74, 6) is 3.73. The number of Topliss-reactive ketones (excluding diaryl/α,β-unsaturated/α-hetero) is 1. The lowest BCUT2D eigenvalue weighted by molar-refractivity contribution is -0.116. The van der Waals surface area contributed by atoms with Crippen molar-refractivity contribution in [2.75, 3.05) is 0 Å². The third-order valence-corrected chi connectivity index (χ3v) is 8.14. The Labute approximate surface area is 210 Å². The van der Waals surface area contributed by atoms with E-state index in [9.17, 15) is 9.90 Å². The summed E-state index contributed by atoms with van der Waals surface area (Å²) >= 11 is 0. The predicted molar refractivity (Wildman–Crippen MR) is 144 cm³/mol. The first-order chi connectivity index (χ1) is 15.9. The fourth-order valence-electron chi connectivity index (χ4n) is 5.59. The highest BCUT2D eigenvalue weighted by atomic mass is 16.5. The summed E-state index contributed by atoms with van der Waals surface area (Å²) in [6, 6.07) is 0. The monoisotopic (exact) mass is 472 g/mol. The van der Waals surface area contributed by atoms with E-state index in [0.29, 0.717) is 0 Å². The second-order valence-electron chi connectivity index (χ2n) is 12.2. The first-order valence-electron chi connectivity index (χ1n) is 14.0. The number of carbonyl (C=O) groups excluding carboxylic acids is 1. The maximum Gasteiger partial charge on any atom is 0.134 e. The Kier molecular flexibility index (Phi) is 11.0. The number of phenols is 1. The quantitative estimate of drug-likeness (QED) is 0.294. The molecule has 1 N–H and O–H groups in total. The number of aromatic hydroxyl groups is 1. The number of rotatable bonds is 14. The minimum atomic E-state index is -0.167. The molecule has 1 aliphatic rings. The molecule has 2 rings (SSSR count). The van der Waals surface area contributed by atoms with Gasteiger partial charge in [0.05, 0.1) is 0 Å². The van der Waals surface area contributed by atoms with Crippen LogP contribution in [0.5, 0.6) is 11.5 Å². The fourth-order valence-corrected chi connectivity index (χ4v) is 5.59. The van der Waals surface area contributed by atoms with E-state index in [1.165, 1.54) is 51.4 Å². The van der Waals surface area contributed by atoms with Crippen LogP contribution in [0.25, 0.3) is 0 Å². The molecule has 3 heteroatoms. The number of fused-ring (bicyclic) bond motifs is 1. The van der Waals surface area contributed by atoms with Crippen LogP contribution in [0, 0.1) is 31.6 Å². The van der Waals surface area contributed by atoms with Gasteiger partial charge >= 0.3 is 0 Å². The van der Waals surface area contributed by atoms with Gasteiger partial charge in [-0.05, 0) is 82.3 Å². The lowest BCUT2D eigenvalue weighted by Crippen LogP contribution is -2.37. The zero-order valence-electron chi connectivity index (χ0n) is 23.5. The number of hydrogen-bond donors (Lipinski definition) is 1. The number of phenolic OH excluding ortho intramolecular Hbond substituents is 1. The van der Waals surface area contributed by atoms with Crippen molar-refractivity contribution in [3.8, 4) is 11.5 Å². The maximum absolute atomic E-state index is 11.8. The fraction of sp³-hybridized carbons (Fsp3) is 0.774. The summed E-state index contributed by atoms with van der Waals surface area (Å²) in [5, 5.41) is 10.7. The second kappa shape index (κ2) is 13.0. The van der Waals surface area contributed by atoms with Gasteiger partial charge in [-0.2, -0.15) is 0 Å². The van der Waals surface area contributed by atoms with Crippen LogP contribution in [0.4, 0.5) is 0 Å². The zero-order chi connectivity index (χ0) is 25.5. The molecular weight excluding hydrogens is 420 g/mol. The molecule has 34 heavy (non-hydrogen) atoms. The smallest absolute Gasteiger partial charge is 0.134 e. The Morgan fingerprint density at radius 2 is 1.50 bits per heavy atom. The molecule has 0 unspecified atom stereocenters. The maximum atomic E-state index is 11.8. The van der Waals surface area contributed by atoms with Gasteiger partial charge < -0.3 is 9.84 Å². The zero-order valence-corrected chi connectivity index (χ0v) is 23.5. The van der Waals surface area contributed by atoms with Gasteiger partial charge in [0.25, 0.3) is 0 Å². The Balaban J connectivity index is 1.84. The van der Waals surface area contributed by atoms with E-state index in [1.54, 1.807) is 6.92 Å². The number of hydrogen-bond acceptors (Lipinski definition) is 3. The van der Waals surface area contributed by atoms with E-state index in [4.69, 9.17) is 4.74 Å². The third-order valence-electron chi connectivity index (χ3n) is 8.14. The molecule has 1 aromatic rings. The molecule has 1 aromatic carbocycles. The first kappa shape index (κ1) is 28.7. The van der Waals surface area contributed by atoms with Crippen LogP contribution in [0.1, 0.15) is 128 Å². The summed E-state index contributed by atoms with van der Waals surface area (Å²) in [6.45, 7) is 17.3. The van der Waals surface area contributed by atoms with Crippen molar-refractivity contribution in [1.29, 1.82) is 0 Å². The van der Waals surface area contributed by atoms with E-state index in [0.717, 1.165) is 65.0 Å². The molecule has 0 spiro atoms. The molecule has 0 amide bonds. The van der Waals surface area contributed by atoms with E-state index >= 15 is 0 Å². The minimum absolute atomic E-state index is 0.0769. The topological polar surface area (TPSA) is 46.5 Å². The molecule has 0 bridgehead atoms. The molecule has 0 fully saturated rings. The van der Waals surface area contributed by atoms with Gasteiger partial charge in [0, 0.05) is 17.5 Å². The van der Waals surface area contributed by atoms with Crippen molar-refractivity contribution in [2.24, 2.45) is 17.8 Å². The minimum Gasteiger partial charge on any atom is -0.507 e. The summed E-state index contributed by atoms with van der Waals surface area (Å²) in [4.78, 5) is 11.8. The largest absolute Gasteiger partial charge is 0.507 e. The van der Waals surface area contributed by atoms with Crippen LogP contribution in [0.15, 0.2) is 0 Å². The molecule has 0 saturated heterocycles. The lowest BCUT2D eigenvalue weighted by Gasteiger charge is -2.38. The van der Waals surface area contributed by atoms with E-state index in [1.807, 2.05) is 13.8 Å². The molecule has 1 heterocycles. The van der Waals surface area contributed by atoms with Gasteiger partial charge in [-0.1, -0.05) is 72.6 Å². The van der Waals surface area contributed by atoms with Gasteiger partial charge in [-0.15, -0.1) is 0 Å². The number of carbonyl (C=O) groups is 1. The summed E-state index contributed by atoms with van der Waals surface area (Å²) in [7, 11) is 0. The van der Waals surface area contributed by atoms with Gasteiger partial charge in [0.15, 0.2) is 0 Å². The Morgan fingerprint density at radius 3 is 2.06 bits per heavy atom. The van der Waals surface area contributed by atoms with Crippen molar-refractivity contribution < 1.29 is 14.6 Å². The van der Waals surface area contributed by atoms with Crippen molar-refractivity contribution in [1.82, 2.24) is 0 Å². The van der Waals surface area contributed by atoms with Crippen molar-refractivity contribution in [3.63, 3.8) is 0 Å². The Bertz CT molecular complexity index is 810. The lowest BCUT2D eigenvalue weighted by atomic mass is 9.82. The van der Waals surface area contributed by atoms with E-state index < -0.39 is 0 Å². The van der Waals surface area contributed by atoms with E-state index in [2.05, 4.69) is 34.6 Å². The van der Waals surface area contributed by atoms with Gasteiger partial charge in [0.1, 0.15) is 22.9 Å². The summed E-state index contributed by atoms with van der Waals surface area (Å²) in [5.41, 5.74) is 3.51. The highest BCUT2D eigenvalue weighted by Crippen LogP contribution is 2.45. The Morgan fingerprint density at radius 1 is 0.941 bits per heavy atom. The molecule has 1 aliphatic heterocycles. The van der Waals surface area contributed by atoms with Crippen LogP contribution in [0.3, 0.4) is 0 Å². The van der Waals surface area contributed by atoms with Crippen molar-refractivity contribution in [2.45, 2.75) is 138 Å². The van der Waals surface area contributed by atoms with Crippen molar-refractivity contribution in [3.05, 3.63) is 22.3 Å². The first-order valence-corrected chi connectivity index (χ1v) is 14.0. The standard InChI is InChI=1S/C31H52O3/c1-21(2)12-9-13-22(3)14-10-15-23(4)16-11-18-31(8)19-17-27-28(20-24(5)32)29(33)25(6)26(7)30(27)34-31/h21-23,33H,9-20H2,1-8H3/t22-,23-,31-/m1/s1. The second-order valence-corrected chi connectivity index (χ2v) is 12.2. The van der Waals surface area contributed by atoms with Crippen molar-refractivity contribution >= 4 is 5.78 Å². The number of ketones is 1.